The molecule has 13 heavy (non-hydrogen) atoms. The van der Waals surface area contributed by atoms with Crippen molar-refractivity contribution in [1.29, 1.82) is 0 Å². The van der Waals surface area contributed by atoms with Crippen LogP contribution in [-0.4, -0.2) is 58.4 Å². The van der Waals surface area contributed by atoms with Crippen molar-refractivity contribution in [3.05, 3.63) is 0 Å². The maximum absolute atomic E-state index is 5.82. The Hall–Kier alpha value is 0.0569. The molecule has 0 aromatic rings. The third-order valence-electron chi connectivity index (χ3n) is 2.40. The molecule has 0 unspecified atom stereocenters. The molecular weight excluding hydrogens is 184 g/mol. The largest absolute Gasteiger partial charge is 0.522 e. The van der Waals surface area contributed by atoms with Crippen molar-refractivity contribution in [3.63, 3.8) is 0 Å². The number of rotatable bonds is 4. The van der Waals surface area contributed by atoms with Gasteiger partial charge in [0, 0.05) is 26.3 Å². The van der Waals surface area contributed by atoms with Gasteiger partial charge >= 0.3 is 8.88 Å². The highest BCUT2D eigenvalue weighted by Gasteiger charge is 2.52. The molecule has 1 rings (SSSR count). The van der Waals surface area contributed by atoms with Crippen LogP contribution in [0.15, 0.2) is 0 Å². The Kier molecular flexibility index (Phi) is 3.87. The second kappa shape index (κ2) is 4.52. The number of likely N-dealkylation sites (N-methyl/N-ethyl adjacent to an activating group) is 2. The summed E-state index contributed by atoms with van der Waals surface area (Å²) in [4.78, 5) is 0. The Labute approximate surface area is 81.8 Å². The first kappa shape index (κ1) is 11.1. The molecule has 4 nitrogen and oxygen atoms in total. The Morgan fingerprint density at radius 3 is 1.69 bits per heavy atom. The van der Waals surface area contributed by atoms with Gasteiger partial charge in [-0.25, -0.2) is 0 Å². The SMILES string of the molecule is CCO[Si]1(OCC)N(C)CCN1C. The van der Waals surface area contributed by atoms with E-state index in [1.807, 2.05) is 13.8 Å². The van der Waals surface area contributed by atoms with Crippen molar-refractivity contribution < 1.29 is 8.85 Å². The van der Waals surface area contributed by atoms with E-state index >= 15 is 0 Å². The van der Waals surface area contributed by atoms with Crippen molar-refractivity contribution in [3.8, 4) is 0 Å². The van der Waals surface area contributed by atoms with Gasteiger partial charge in [-0.2, -0.15) is 0 Å². The van der Waals surface area contributed by atoms with Gasteiger partial charge in [0.05, 0.1) is 0 Å². The van der Waals surface area contributed by atoms with E-state index in [1.54, 1.807) is 0 Å². The molecule has 1 aliphatic rings. The zero-order chi connectivity index (χ0) is 9.90. The van der Waals surface area contributed by atoms with Crippen LogP contribution >= 0.6 is 0 Å². The minimum atomic E-state index is -2.17. The fourth-order valence-electron chi connectivity index (χ4n) is 1.73. The number of nitrogens with zero attached hydrogens (tertiary/aromatic N) is 2. The molecule has 0 radical (unpaired) electrons. The Morgan fingerprint density at radius 2 is 1.38 bits per heavy atom. The molecule has 5 heteroatoms. The van der Waals surface area contributed by atoms with E-state index in [1.165, 1.54) is 0 Å². The van der Waals surface area contributed by atoms with Crippen molar-refractivity contribution in [1.82, 2.24) is 9.13 Å². The fraction of sp³-hybridized carbons (Fsp3) is 1.00. The van der Waals surface area contributed by atoms with Crippen LogP contribution in [0.2, 0.25) is 0 Å². The van der Waals surface area contributed by atoms with E-state index in [-0.39, 0.29) is 0 Å². The van der Waals surface area contributed by atoms with Crippen LogP contribution < -0.4 is 0 Å². The molecule has 0 bridgehead atoms. The Balaban J connectivity index is 2.73. The average molecular weight is 204 g/mol. The van der Waals surface area contributed by atoms with Crippen LogP contribution in [0.1, 0.15) is 13.8 Å². The lowest BCUT2D eigenvalue weighted by atomic mass is 10.6. The predicted molar refractivity (Wildman–Crippen MR) is 54.3 cm³/mol. The lowest BCUT2D eigenvalue weighted by molar-refractivity contribution is 0.110. The molecule has 0 saturated carbocycles. The Bertz CT molecular complexity index is 150. The summed E-state index contributed by atoms with van der Waals surface area (Å²) in [5.41, 5.74) is 0. The van der Waals surface area contributed by atoms with Crippen LogP contribution in [0.25, 0.3) is 0 Å². The van der Waals surface area contributed by atoms with Crippen molar-refractivity contribution in [2.24, 2.45) is 0 Å². The molecule has 0 aromatic carbocycles. The van der Waals surface area contributed by atoms with E-state index in [9.17, 15) is 0 Å². The van der Waals surface area contributed by atoms with Gasteiger partial charge in [0.15, 0.2) is 0 Å². The standard InChI is InChI=1S/C8H20N2O2Si/c1-5-11-13(12-6-2)9(3)7-8-10(13)4/h5-8H2,1-4H3. The second-order valence-electron chi connectivity index (χ2n) is 3.26. The molecule has 0 spiro atoms. The molecule has 1 aliphatic heterocycles. The van der Waals surface area contributed by atoms with Gasteiger partial charge in [-0.1, -0.05) is 0 Å². The lowest BCUT2D eigenvalue weighted by Gasteiger charge is -2.34. The zero-order valence-electron chi connectivity index (χ0n) is 9.04. The van der Waals surface area contributed by atoms with Crippen molar-refractivity contribution in [2.75, 3.05) is 40.4 Å². The van der Waals surface area contributed by atoms with Gasteiger partial charge in [-0.3, -0.25) is 9.13 Å². The monoisotopic (exact) mass is 204 g/mol. The van der Waals surface area contributed by atoms with E-state index in [0.29, 0.717) is 0 Å². The fourth-order valence-corrected chi connectivity index (χ4v) is 4.80. The summed E-state index contributed by atoms with van der Waals surface area (Å²) in [7, 11) is 2.00. The highest BCUT2D eigenvalue weighted by atomic mass is 28.4. The summed E-state index contributed by atoms with van der Waals surface area (Å²) in [6.07, 6.45) is 0. The molecule has 0 atom stereocenters. The molecular formula is C8H20N2O2Si. The molecule has 0 amide bonds. The first-order valence-electron chi connectivity index (χ1n) is 4.87. The molecule has 0 aliphatic carbocycles. The predicted octanol–water partition coefficient (Wildman–Crippen LogP) is 0.372. The third kappa shape index (κ3) is 1.94. The van der Waals surface area contributed by atoms with Crippen LogP contribution in [-0.2, 0) is 8.85 Å². The lowest BCUT2D eigenvalue weighted by Crippen LogP contribution is -2.61. The molecule has 1 saturated heterocycles. The van der Waals surface area contributed by atoms with E-state index < -0.39 is 8.88 Å². The van der Waals surface area contributed by atoms with E-state index in [4.69, 9.17) is 8.85 Å². The molecule has 1 fully saturated rings. The van der Waals surface area contributed by atoms with Crippen molar-refractivity contribution in [2.45, 2.75) is 13.8 Å². The van der Waals surface area contributed by atoms with Gasteiger partial charge in [-0.15, -0.1) is 0 Å². The minimum absolute atomic E-state index is 0.723. The molecule has 78 valence electrons. The number of hydrogen-bond acceptors (Lipinski definition) is 4. The third-order valence-corrected chi connectivity index (χ3v) is 6.11. The van der Waals surface area contributed by atoms with Gasteiger partial charge in [0.2, 0.25) is 0 Å². The van der Waals surface area contributed by atoms with Crippen molar-refractivity contribution >= 4 is 8.88 Å². The quantitative estimate of drug-likeness (QED) is 0.618. The maximum atomic E-state index is 5.82. The second-order valence-corrected chi connectivity index (χ2v) is 6.46. The highest BCUT2D eigenvalue weighted by molar-refractivity contribution is 6.62. The summed E-state index contributed by atoms with van der Waals surface area (Å²) in [6.45, 7) is 7.58. The number of hydrogen-bond donors (Lipinski definition) is 0. The Morgan fingerprint density at radius 1 is 1.00 bits per heavy atom. The summed E-state index contributed by atoms with van der Waals surface area (Å²) >= 11 is 0. The smallest absolute Gasteiger partial charge is 0.371 e. The summed E-state index contributed by atoms with van der Waals surface area (Å²) < 4.78 is 16.1. The van der Waals surface area contributed by atoms with Crippen LogP contribution in [0.3, 0.4) is 0 Å². The van der Waals surface area contributed by atoms with E-state index in [2.05, 4.69) is 23.2 Å². The van der Waals surface area contributed by atoms with Gasteiger partial charge < -0.3 is 8.85 Å². The molecule has 0 N–H and O–H groups in total. The summed E-state index contributed by atoms with van der Waals surface area (Å²) in [6, 6.07) is 0. The molecule has 1 heterocycles. The summed E-state index contributed by atoms with van der Waals surface area (Å²) in [5, 5.41) is 0. The zero-order valence-corrected chi connectivity index (χ0v) is 10.0. The van der Waals surface area contributed by atoms with Gasteiger partial charge in [0.25, 0.3) is 0 Å². The van der Waals surface area contributed by atoms with Gasteiger partial charge in [0.1, 0.15) is 0 Å². The topological polar surface area (TPSA) is 24.9 Å². The van der Waals surface area contributed by atoms with E-state index in [0.717, 1.165) is 26.3 Å². The maximum Gasteiger partial charge on any atom is 0.522 e. The highest BCUT2D eigenvalue weighted by Crippen LogP contribution is 2.21. The first-order chi connectivity index (χ1) is 6.17. The van der Waals surface area contributed by atoms with Crippen LogP contribution in [0.4, 0.5) is 0 Å². The normalized spacial score (nSPS) is 24.0. The van der Waals surface area contributed by atoms with Crippen LogP contribution in [0, 0.1) is 0 Å². The first-order valence-corrected chi connectivity index (χ1v) is 6.58. The average Bonchev–Trinajstić information content (AvgIpc) is 2.35. The minimum Gasteiger partial charge on any atom is -0.371 e. The van der Waals surface area contributed by atoms with Crippen LogP contribution in [0.5, 0.6) is 0 Å². The van der Waals surface area contributed by atoms with Gasteiger partial charge in [-0.05, 0) is 27.9 Å². The molecule has 0 aromatic heterocycles. The summed E-state index contributed by atoms with van der Waals surface area (Å²) in [5.74, 6) is 0.